The van der Waals surface area contributed by atoms with Gasteiger partial charge in [-0.3, -0.25) is 4.90 Å². The summed E-state index contributed by atoms with van der Waals surface area (Å²) in [7, 11) is 4.30. The first kappa shape index (κ1) is 27.9. The normalized spacial score (nSPS) is 15.6. The summed E-state index contributed by atoms with van der Waals surface area (Å²) < 4.78 is 0. The van der Waals surface area contributed by atoms with Crippen LogP contribution in [0.4, 0.5) is 0 Å². The van der Waals surface area contributed by atoms with E-state index in [4.69, 9.17) is 0 Å². The zero-order chi connectivity index (χ0) is 22.0. The number of rotatable bonds is 16. The number of hydrogen-bond donors (Lipinski definition) is 1. The van der Waals surface area contributed by atoms with Gasteiger partial charge in [0.1, 0.15) is 0 Å². The molecule has 170 valence electrons. The molecule has 3 heteroatoms. The Hall–Kier alpha value is -0.120. The standard InChI is InChI=1S/C25H55N3/c1-12-25(9,20-22(3)4)21-28(13-2)18-16-23(5,6)14-15-24(7,8)27(11)19-17-26-10/h22,26H,12-21H2,1-11H3. The van der Waals surface area contributed by atoms with Crippen molar-refractivity contribution in [1.82, 2.24) is 15.1 Å². The topological polar surface area (TPSA) is 18.5 Å². The van der Waals surface area contributed by atoms with Crippen molar-refractivity contribution < 1.29 is 0 Å². The molecule has 0 saturated heterocycles. The lowest BCUT2D eigenvalue weighted by Crippen LogP contribution is -2.44. The third-order valence-electron chi connectivity index (χ3n) is 7.06. The van der Waals surface area contributed by atoms with Crippen LogP contribution in [0.15, 0.2) is 0 Å². The first-order valence-electron chi connectivity index (χ1n) is 11.9. The van der Waals surface area contributed by atoms with E-state index in [-0.39, 0.29) is 5.54 Å². The Labute approximate surface area is 179 Å². The van der Waals surface area contributed by atoms with Crippen LogP contribution >= 0.6 is 0 Å². The van der Waals surface area contributed by atoms with Gasteiger partial charge in [-0.25, -0.2) is 0 Å². The molecular weight excluding hydrogens is 342 g/mol. The molecule has 0 aliphatic rings. The van der Waals surface area contributed by atoms with E-state index in [9.17, 15) is 0 Å². The van der Waals surface area contributed by atoms with Crippen LogP contribution < -0.4 is 5.32 Å². The Morgan fingerprint density at radius 3 is 1.96 bits per heavy atom. The molecule has 0 radical (unpaired) electrons. The van der Waals surface area contributed by atoms with Gasteiger partial charge in [-0.05, 0) is 89.9 Å². The number of likely N-dealkylation sites (N-methyl/N-ethyl adjacent to an activating group) is 2. The van der Waals surface area contributed by atoms with Crippen molar-refractivity contribution in [2.75, 3.05) is 46.8 Å². The molecule has 0 rings (SSSR count). The Morgan fingerprint density at radius 2 is 1.50 bits per heavy atom. The maximum absolute atomic E-state index is 3.27. The van der Waals surface area contributed by atoms with Gasteiger partial charge in [0.05, 0.1) is 0 Å². The maximum Gasteiger partial charge on any atom is 0.0150 e. The first-order chi connectivity index (χ1) is 12.8. The Morgan fingerprint density at radius 1 is 0.893 bits per heavy atom. The van der Waals surface area contributed by atoms with Gasteiger partial charge in [0, 0.05) is 25.2 Å². The molecular formula is C25H55N3. The minimum absolute atomic E-state index is 0.261. The number of nitrogens with one attached hydrogen (secondary N) is 1. The van der Waals surface area contributed by atoms with Gasteiger partial charge < -0.3 is 10.2 Å². The molecule has 0 heterocycles. The highest BCUT2D eigenvalue weighted by molar-refractivity contribution is 4.84. The third kappa shape index (κ3) is 11.2. The Kier molecular flexibility index (Phi) is 12.5. The zero-order valence-corrected chi connectivity index (χ0v) is 21.5. The van der Waals surface area contributed by atoms with Crippen molar-refractivity contribution in [2.45, 2.75) is 100.0 Å². The van der Waals surface area contributed by atoms with E-state index in [2.05, 4.69) is 84.5 Å². The maximum atomic E-state index is 3.27. The van der Waals surface area contributed by atoms with Crippen LogP contribution in [0, 0.1) is 16.7 Å². The van der Waals surface area contributed by atoms with Gasteiger partial charge in [0.2, 0.25) is 0 Å². The van der Waals surface area contributed by atoms with Gasteiger partial charge in [-0.15, -0.1) is 0 Å². The minimum atomic E-state index is 0.261. The SMILES string of the molecule is CCN(CCC(C)(C)CCC(C)(C)N(C)CCNC)CC(C)(CC)CC(C)C. The fraction of sp³-hybridized carbons (Fsp3) is 1.00. The zero-order valence-electron chi connectivity index (χ0n) is 21.5. The van der Waals surface area contributed by atoms with E-state index in [0.29, 0.717) is 10.8 Å². The number of nitrogens with zero attached hydrogens (tertiary/aromatic N) is 2. The average molecular weight is 398 g/mol. The van der Waals surface area contributed by atoms with Crippen molar-refractivity contribution in [3.63, 3.8) is 0 Å². The Bertz CT molecular complexity index is 403. The van der Waals surface area contributed by atoms with Crippen LogP contribution in [0.1, 0.15) is 94.4 Å². The lowest BCUT2D eigenvalue weighted by atomic mass is 9.78. The van der Waals surface area contributed by atoms with E-state index in [1.807, 2.05) is 7.05 Å². The molecule has 0 aromatic carbocycles. The summed E-state index contributed by atoms with van der Waals surface area (Å²) in [6.07, 6.45) is 6.44. The lowest BCUT2D eigenvalue weighted by molar-refractivity contribution is 0.105. The van der Waals surface area contributed by atoms with E-state index < -0.39 is 0 Å². The second kappa shape index (κ2) is 12.5. The summed E-state index contributed by atoms with van der Waals surface area (Å²) in [6, 6.07) is 0. The molecule has 0 bridgehead atoms. The highest BCUT2D eigenvalue weighted by Crippen LogP contribution is 2.34. The van der Waals surface area contributed by atoms with E-state index in [1.54, 1.807) is 0 Å². The predicted molar refractivity (Wildman–Crippen MR) is 128 cm³/mol. The van der Waals surface area contributed by atoms with E-state index in [1.165, 1.54) is 51.7 Å². The molecule has 0 fully saturated rings. The van der Waals surface area contributed by atoms with Gasteiger partial charge in [0.15, 0.2) is 0 Å². The van der Waals surface area contributed by atoms with Crippen molar-refractivity contribution in [2.24, 2.45) is 16.7 Å². The monoisotopic (exact) mass is 397 g/mol. The predicted octanol–water partition coefficient (Wildman–Crippen LogP) is 5.90. The Balaban J connectivity index is 4.65. The first-order valence-corrected chi connectivity index (χ1v) is 11.9. The highest BCUT2D eigenvalue weighted by atomic mass is 15.2. The smallest absolute Gasteiger partial charge is 0.0150 e. The van der Waals surface area contributed by atoms with Crippen LogP contribution in [0.25, 0.3) is 0 Å². The van der Waals surface area contributed by atoms with Crippen molar-refractivity contribution in [3.05, 3.63) is 0 Å². The van der Waals surface area contributed by atoms with Gasteiger partial charge in [-0.2, -0.15) is 0 Å². The molecule has 0 saturated carbocycles. The average Bonchev–Trinajstić information content (AvgIpc) is 2.61. The summed E-state index contributed by atoms with van der Waals surface area (Å²) in [5, 5.41) is 3.27. The van der Waals surface area contributed by atoms with E-state index >= 15 is 0 Å². The molecule has 0 aromatic rings. The van der Waals surface area contributed by atoms with E-state index in [0.717, 1.165) is 19.0 Å². The van der Waals surface area contributed by atoms with Crippen molar-refractivity contribution in [3.8, 4) is 0 Å². The molecule has 28 heavy (non-hydrogen) atoms. The molecule has 1 N–H and O–H groups in total. The molecule has 1 atom stereocenters. The second-order valence-corrected chi connectivity index (χ2v) is 11.4. The van der Waals surface area contributed by atoms with Crippen molar-refractivity contribution >= 4 is 0 Å². The summed E-state index contributed by atoms with van der Waals surface area (Å²) >= 11 is 0. The fourth-order valence-corrected chi connectivity index (χ4v) is 4.20. The molecule has 3 nitrogen and oxygen atoms in total. The van der Waals surface area contributed by atoms with Crippen LogP contribution in [0.2, 0.25) is 0 Å². The molecule has 1 unspecified atom stereocenters. The molecule has 0 aliphatic heterocycles. The van der Waals surface area contributed by atoms with Crippen molar-refractivity contribution in [1.29, 1.82) is 0 Å². The summed E-state index contributed by atoms with van der Waals surface area (Å²) in [4.78, 5) is 5.22. The molecule has 0 amide bonds. The largest absolute Gasteiger partial charge is 0.318 e. The number of hydrogen-bond acceptors (Lipinski definition) is 3. The highest BCUT2D eigenvalue weighted by Gasteiger charge is 2.29. The van der Waals surface area contributed by atoms with Crippen LogP contribution in [0.3, 0.4) is 0 Å². The minimum Gasteiger partial charge on any atom is -0.318 e. The van der Waals surface area contributed by atoms with Gasteiger partial charge in [-0.1, -0.05) is 48.5 Å². The van der Waals surface area contributed by atoms with Gasteiger partial charge in [0.25, 0.3) is 0 Å². The van der Waals surface area contributed by atoms with Gasteiger partial charge >= 0.3 is 0 Å². The summed E-state index contributed by atoms with van der Waals surface area (Å²) in [5.41, 5.74) is 1.11. The fourth-order valence-electron chi connectivity index (χ4n) is 4.20. The summed E-state index contributed by atoms with van der Waals surface area (Å²) in [6.45, 7) is 27.5. The third-order valence-corrected chi connectivity index (χ3v) is 7.06. The summed E-state index contributed by atoms with van der Waals surface area (Å²) in [5.74, 6) is 0.780. The second-order valence-electron chi connectivity index (χ2n) is 11.4. The quantitative estimate of drug-likeness (QED) is 0.350. The molecule has 0 aliphatic carbocycles. The molecule has 0 spiro atoms. The molecule has 0 aromatic heterocycles. The van der Waals surface area contributed by atoms with Crippen LogP contribution in [-0.2, 0) is 0 Å². The lowest BCUT2D eigenvalue weighted by Gasteiger charge is -2.40. The van der Waals surface area contributed by atoms with Crippen LogP contribution in [0.5, 0.6) is 0 Å². The van der Waals surface area contributed by atoms with Crippen LogP contribution in [-0.4, -0.2) is 62.2 Å².